The molecule has 0 saturated heterocycles. The van der Waals surface area contributed by atoms with Crippen LogP contribution in [0, 0.1) is 0 Å². The standard InChI is InChI=1S/C8H12N2OS/c1-4-5(2)7-8(6(3)11)12-10-9-7/h5H,4H2,1-3H3. The highest BCUT2D eigenvalue weighted by atomic mass is 32.1. The van der Waals surface area contributed by atoms with Crippen LogP contribution in [0.15, 0.2) is 0 Å². The van der Waals surface area contributed by atoms with Gasteiger partial charge in [-0.05, 0) is 18.0 Å². The van der Waals surface area contributed by atoms with Gasteiger partial charge >= 0.3 is 0 Å². The van der Waals surface area contributed by atoms with Crippen molar-refractivity contribution in [3.05, 3.63) is 10.6 Å². The predicted molar refractivity (Wildman–Crippen MR) is 48.6 cm³/mol. The first kappa shape index (κ1) is 9.32. The SMILES string of the molecule is CCC(C)c1nnsc1C(C)=O. The van der Waals surface area contributed by atoms with Crippen LogP contribution in [0.4, 0.5) is 0 Å². The summed E-state index contributed by atoms with van der Waals surface area (Å²) in [4.78, 5) is 11.8. The zero-order chi connectivity index (χ0) is 9.14. The van der Waals surface area contributed by atoms with Gasteiger partial charge in [0.05, 0.1) is 5.69 Å². The zero-order valence-corrected chi connectivity index (χ0v) is 8.31. The molecule has 3 nitrogen and oxygen atoms in total. The molecule has 0 saturated carbocycles. The number of ketones is 1. The molecular weight excluding hydrogens is 172 g/mol. The molecule has 0 aromatic carbocycles. The number of carbonyl (C=O) groups excluding carboxylic acids is 1. The van der Waals surface area contributed by atoms with Crippen LogP contribution < -0.4 is 0 Å². The quantitative estimate of drug-likeness (QED) is 0.677. The lowest BCUT2D eigenvalue weighted by atomic mass is 10.0. The molecule has 1 rings (SSSR count). The maximum Gasteiger partial charge on any atom is 0.173 e. The molecular formula is C8H12N2OS. The summed E-state index contributed by atoms with van der Waals surface area (Å²) in [5.74, 6) is 0.406. The molecule has 66 valence electrons. The van der Waals surface area contributed by atoms with Gasteiger partial charge in [0.25, 0.3) is 0 Å². The second-order valence-corrected chi connectivity index (χ2v) is 3.61. The largest absolute Gasteiger partial charge is 0.293 e. The monoisotopic (exact) mass is 184 g/mol. The van der Waals surface area contributed by atoms with Gasteiger partial charge in [-0.2, -0.15) is 0 Å². The summed E-state index contributed by atoms with van der Waals surface area (Å²) in [5.41, 5.74) is 0.856. The Bertz CT molecular complexity index is 282. The van der Waals surface area contributed by atoms with Crippen LogP contribution in [0.25, 0.3) is 0 Å². The van der Waals surface area contributed by atoms with Gasteiger partial charge < -0.3 is 0 Å². The van der Waals surface area contributed by atoms with E-state index in [2.05, 4.69) is 23.4 Å². The zero-order valence-electron chi connectivity index (χ0n) is 7.50. The maximum atomic E-state index is 11.1. The Morgan fingerprint density at radius 3 is 2.83 bits per heavy atom. The van der Waals surface area contributed by atoms with Crippen molar-refractivity contribution in [2.75, 3.05) is 0 Å². The Hall–Kier alpha value is -0.770. The highest BCUT2D eigenvalue weighted by Gasteiger charge is 2.16. The van der Waals surface area contributed by atoms with Crippen molar-refractivity contribution in [3.63, 3.8) is 0 Å². The molecule has 12 heavy (non-hydrogen) atoms. The second-order valence-electron chi connectivity index (χ2n) is 2.85. The summed E-state index contributed by atoms with van der Waals surface area (Å²) in [5, 5.41) is 3.96. The molecule has 1 unspecified atom stereocenters. The topological polar surface area (TPSA) is 42.9 Å². The minimum atomic E-state index is 0.0697. The lowest BCUT2D eigenvalue weighted by molar-refractivity contribution is 0.102. The fraction of sp³-hybridized carbons (Fsp3) is 0.625. The van der Waals surface area contributed by atoms with E-state index in [0.29, 0.717) is 10.8 Å². The highest BCUT2D eigenvalue weighted by molar-refractivity contribution is 7.08. The van der Waals surface area contributed by atoms with Crippen molar-refractivity contribution >= 4 is 17.3 Å². The molecule has 0 aliphatic heterocycles. The van der Waals surface area contributed by atoms with Crippen LogP contribution in [0.5, 0.6) is 0 Å². The average Bonchev–Trinajstić information content (AvgIpc) is 2.50. The van der Waals surface area contributed by atoms with Crippen LogP contribution in [-0.4, -0.2) is 15.4 Å². The van der Waals surface area contributed by atoms with Crippen molar-refractivity contribution in [2.24, 2.45) is 0 Å². The summed E-state index contributed by atoms with van der Waals surface area (Å²) >= 11 is 1.19. The lowest BCUT2D eigenvalue weighted by Gasteiger charge is -2.03. The van der Waals surface area contributed by atoms with Gasteiger partial charge in [-0.3, -0.25) is 4.79 Å². The Morgan fingerprint density at radius 2 is 2.33 bits per heavy atom. The van der Waals surface area contributed by atoms with E-state index in [-0.39, 0.29) is 5.78 Å². The van der Waals surface area contributed by atoms with Crippen LogP contribution in [0.3, 0.4) is 0 Å². The van der Waals surface area contributed by atoms with Crippen LogP contribution in [-0.2, 0) is 0 Å². The summed E-state index contributed by atoms with van der Waals surface area (Å²) < 4.78 is 3.78. The van der Waals surface area contributed by atoms with Crippen LogP contribution in [0.1, 0.15) is 48.5 Å². The molecule has 0 N–H and O–H groups in total. The number of hydrogen-bond donors (Lipinski definition) is 0. The smallest absolute Gasteiger partial charge is 0.173 e. The van der Waals surface area contributed by atoms with Gasteiger partial charge in [-0.25, -0.2) is 0 Å². The van der Waals surface area contributed by atoms with Gasteiger partial charge in [-0.15, -0.1) is 5.10 Å². The summed E-state index contributed by atoms with van der Waals surface area (Å²) in [6.07, 6.45) is 0.992. The molecule has 1 atom stereocenters. The molecule has 4 heteroatoms. The average molecular weight is 184 g/mol. The van der Waals surface area contributed by atoms with E-state index in [1.54, 1.807) is 6.92 Å². The van der Waals surface area contributed by atoms with Gasteiger partial charge in [0.2, 0.25) is 0 Å². The molecule has 0 fully saturated rings. The van der Waals surface area contributed by atoms with Gasteiger partial charge in [-0.1, -0.05) is 18.3 Å². The fourth-order valence-electron chi connectivity index (χ4n) is 0.958. The third-order valence-electron chi connectivity index (χ3n) is 1.91. The number of rotatable bonds is 3. The van der Waals surface area contributed by atoms with Gasteiger partial charge in [0, 0.05) is 12.8 Å². The van der Waals surface area contributed by atoms with E-state index in [0.717, 1.165) is 12.1 Å². The highest BCUT2D eigenvalue weighted by Crippen LogP contribution is 2.22. The second kappa shape index (κ2) is 3.76. The lowest BCUT2D eigenvalue weighted by Crippen LogP contribution is -1.99. The van der Waals surface area contributed by atoms with Crippen LogP contribution in [0.2, 0.25) is 0 Å². The van der Waals surface area contributed by atoms with Crippen molar-refractivity contribution in [2.45, 2.75) is 33.1 Å². The van der Waals surface area contributed by atoms with E-state index in [1.807, 2.05) is 0 Å². The van der Waals surface area contributed by atoms with Crippen molar-refractivity contribution in [1.82, 2.24) is 9.59 Å². The third kappa shape index (κ3) is 1.69. The minimum absolute atomic E-state index is 0.0697. The maximum absolute atomic E-state index is 11.1. The summed E-state index contributed by atoms with van der Waals surface area (Å²) in [6, 6.07) is 0. The number of nitrogens with zero attached hydrogens (tertiary/aromatic N) is 2. The molecule has 0 aliphatic rings. The summed E-state index contributed by atoms with van der Waals surface area (Å²) in [6.45, 7) is 5.69. The molecule has 1 aromatic rings. The molecule has 1 heterocycles. The first-order chi connectivity index (χ1) is 5.66. The fourth-order valence-corrected chi connectivity index (χ4v) is 1.63. The van der Waals surface area contributed by atoms with E-state index in [1.165, 1.54) is 11.5 Å². The number of hydrogen-bond acceptors (Lipinski definition) is 4. The molecule has 1 aromatic heterocycles. The Labute approximate surface area is 76.0 Å². The van der Waals surface area contributed by atoms with E-state index >= 15 is 0 Å². The third-order valence-corrected chi connectivity index (χ3v) is 2.75. The molecule has 0 aliphatic carbocycles. The first-order valence-corrected chi connectivity index (χ1v) is 4.77. The van der Waals surface area contributed by atoms with E-state index in [9.17, 15) is 4.79 Å². The number of aromatic nitrogens is 2. The normalized spacial score (nSPS) is 12.9. The molecule has 0 bridgehead atoms. The first-order valence-electron chi connectivity index (χ1n) is 4.00. The van der Waals surface area contributed by atoms with Crippen molar-refractivity contribution in [3.8, 4) is 0 Å². The molecule has 0 amide bonds. The Morgan fingerprint density at radius 1 is 1.67 bits per heavy atom. The minimum Gasteiger partial charge on any atom is -0.293 e. The Balaban J connectivity index is 2.98. The van der Waals surface area contributed by atoms with Gasteiger partial charge in [0.15, 0.2) is 5.78 Å². The van der Waals surface area contributed by atoms with E-state index in [4.69, 9.17) is 0 Å². The number of Topliss-reactive ketones (excluding diaryl/α,β-unsaturated/α-hetero) is 1. The predicted octanol–water partition coefficient (Wildman–Crippen LogP) is 2.25. The van der Waals surface area contributed by atoms with Crippen molar-refractivity contribution in [1.29, 1.82) is 0 Å². The number of carbonyl (C=O) groups is 1. The van der Waals surface area contributed by atoms with Gasteiger partial charge in [0.1, 0.15) is 4.88 Å². The van der Waals surface area contributed by atoms with Crippen molar-refractivity contribution < 1.29 is 4.79 Å². The molecule has 0 spiro atoms. The molecule has 0 radical (unpaired) electrons. The summed E-state index contributed by atoms with van der Waals surface area (Å²) in [7, 11) is 0. The van der Waals surface area contributed by atoms with Crippen LogP contribution >= 0.6 is 11.5 Å². The van der Waals surface area contributed by atoms with E-state index < -0.39 is 0 Å². The Kier molecular flexibility index (Phi) is 2.92.